The summed E-state index contributed by atoms with van der Waals surface area (Å²) in [5.41, 5.74) is 0. The number of carbonyl (C=O) groups is 1. The van der Waals surface area contributed by atoms with E-state index in [1.807, 2.05) is 19.0 Å². The molecule has 130 valence electrons. The van der Waals surface area contributed by atoms with Crippen LogP contribution in [0.1, 0.15) is 51.4 Å². The summed E-state index contributed by atoms with van der Waals surface area (Å²) < 4.78 is 0. The molecule has 0 unspecified atom stereocenters. The highest BCUT2D eigenvalue weighted by Crippen LogP contribution is 2.23. The summed E-state index contributed by atoms with van der Waals surface area (Å²) in [4.78, 5) is 16.8. The minimum Gasteiger partial charge on any atom is -0.342 e. The zero-order valence-corrected chi connectivity index (χ0v) is 15.2. The maximum Gasteiger partial charge on any atom is 0.236 e. The molecule has 1 aliphatic heterocycles. The van der Waals surface area contributed by atoms with Crippen LogP contribution in [0.25, 0.3) is 0 Å². The number of hydrogen-bond donors (Lipinski definition) is 1. The molecule has 0 atom stereocenters. The van der Waals surface area contributed by atoms with Crippen LogP contribution in [0.2, 0.25) is 0 Å². The third-order valence-electron chi connectivity index (χ3n) is 5.38. The summed E-state index contributed by atoms with van der Waals surface area (Å²) in [6.45, 7) is 3.94. The van der Waals surface area contributed by atoms with Crippen molar-refractivity contribution in [2.75, 3.05) is 40.3 Å². The summed E-state index contributed by atoms with van der Waals surface area (Å²) in [6, 6.07) is 0.499. The van der Waals surface area contributed by atoms with E-state index in [2.05, 4.69) is 10.2 Å². The van der Waals surface area contributed by atoms with Crippen LogP contribution in [0.3, 0.4) is 0 Å². The van der Waals surface area contributed by atoms with E-state index in [-0.39, 0.29) is 12.4 Å². The Balaban J connectivity index is 0.00000242. The highest BCUT2D eigenvalue weighted by Gasteiger charge is 2.25. The van der Waals surface area contributed by atoms with E-state index in [1.54, 1.807) is 0 Å². The van der Waals surface area contributed by atoms with Gasteiger partial charge in [-0.3, -0.25) is 9.69 Å². The van der Waals surface area contributed by atoms with E-state index in [0.717, 1.165) is 25.6 Å². The molecule has 0 aromatic heterocycles. The van der Waals surface area contributed by atoms with Gasteiger partial charge >= 0.3 is 0 Å². The predicted molar refractivity (Wildman–Crippen MR) is 94.6 cm³/mol. The molecule has 2 rings (SSSR count). The van der Waals surface area contributed by atoms with Crippen LogP contribution in [0, 0.1) is 5.92 Å². The van der Waals surface area contributed by atoms with Crippen LogP contribution in [0.4, 0.5) is 0 Å². The number of rotatable bonds is 6. The lowest BCUT2D eigenvalue weighted by molar-refractivity contribution is -0.134. The Labute approximate surface area is 142 Å². The highest BCUT2D eigenvalue weighted by molar-refractivity contribution is 5.85. The summed E-state index contributed by atoms with van der Waals surface area (Å²) in [7, 11) is 4.03. The zero-order chi connectivity index (χ0) is 15.1. The quantitative estimate of drug-likeness (QED) is 0.812. The van der Waals surface area contributed by atoms with Gasteiger partial charge in [0.1, 0.15) is 0 Å². The lowest BCUT2D eigenvalue weighted by Gasteiger charge is -2.35. The Hall–Kier alpha value is -0.320. The summed E-state index contributed by atoms with van der Waals surface area (Å²) in [5, 5.41) is 3.24. The Kier molecular flexibility index (Phi) is 9.37. The molecule has 1 aliphatic carbocycles. The molecule has 4 nitrogen and oxygen atoms in total. The molecule has 0 bridgehead atoms. The Morgan fingerprint density at radius 1 is 1.14 bits per heavy atom. The fourth-order valence-electron chi connectivity index (χ4n) is 3.76. The number of nitrogens with one attached hydrogen (secondary N) is 1. The van der Waals surface area contributed by atoms with Crippen molar-refractivity contribution in [2.45, 2.75) is 57.4 Å². The number of carbonyl (C=O) groups excluding carboxylic acids is 1. The molecule has 2 fully saturated rings. The standard InChI is InChI=1S/C17H33N3O.ClH/c1-18-11-8-15-9-12-20(13-10-15)14-17(21)19(2)16-6-4-3-5-7-16;/h15-16,18H,3-14H2,1-2H3;1H. The van der Waals surface area contributed by atoms with Gasteiger partial charge in [-0.1, -0.05) is 19.3 Å². The summed E-state index contributed by atoms with van der Waals surface area (Å²) in [6.07, 6.45) is 10.1. The number of hydrogen-bond acceptors (Lipinski definition) is 3. The first-order chi connectivity index (χ1) is 10.2. The van der Waals surface area contributed by atoms with Crippen molar-refractivity contribution in [2.24, 2.45) is 5.92 Å². The van der Waals surface area contributed by atoms with Gasteiger partial charge in [0, 0.05) is 13.1 Å². The number of amides is 1. The van der Waals surface area contributed by atoms with Crippen molar-refractivity contribution in [3.63, 3.8) is 0 Å². The molecule has 0 spiro atoms. The molecule has 1 saturated heterocycles. The van der Waals surface area contributed by atoms with Crippen LogP contribution in [-0.4, -0.2) is 62.0 Å². The molecule has 1 N–H and O–H groups in total. The predicted octanol–water partition coefficient (Wildman–Crippen LogP) is 2.52. The second kappa shape index (κ2) is 10.5. The highest BCUT2D eigenvalue weighted by atomic mass is 35.5. The van der Waals surface area contributed by atoms with Gasteiger partial charge in [-0.25, -0.2) is 0 Å². The van der Waals surface area contributed by atoms with Crippen molar-refractivity contribution in [3.05, 3.63) is 0 Å². The molecule has 2 aliphatic rings. The Morgan fingerprint density at radius 2 is 1.77 bits per heavy atom. The molecule has 1 saturated carbocycles. The molecule has 1 heterocycles. The van der Waals surface area contributed by atoms with E-state index in [0.29, 0.717) is 18.5 Å². The Bertz CT molecular complexity index is 313. The third kappa shape index (κ3) is 6.05. The molecule has 0 aromatic carbocycles. The second-order valence-corrected chi connectivity index (χ2v) is 6.91. The first kappa shape index (κ1) is 19.7. The lowest BCUT2D eigenvalue weighted by atomic mass is 9.93. The van der Waals surface area contributed by atoms with Crippen molar-refractivity contribution in [3.8, 4) is 0 Å². The monoisotopic (exact) mass is 331 g/mol. The van der Waals surface area contributed by atoms with E-state index in [4.69, 9.17) is 0 Å². The number of nitrogens with zero attached hydrogens (tertiary/aromatic N) is 2. The first-order valence-corrected chi connectivity index (χ1v) is 8.83. The molecule has 0 aromatic rings. The average Bonchev–Trinajstić information content (AvgIpc) is 2.54. The fourth-order valence-corrected chi connectivity index (χ4v) is 3.76. The molecule has 22 heavy (non-hydrogen) atoms. The van der Waals surface area contributed by atoms with Gasteiger partial charge < -0.3 is 10.2 Å². The van der Waals surface area contributed by atoms with E-state index in [1.165, 1.54) is 51.4 Å². The SMILES string of the molecule is CNCCC1CCN(CC(=O)N(C)C2CCCCC2)CC1.Cl. The van der Waals surface area contributed by atoms with Crippen LogP contribution < -0.4 is 5.32 Å². The number of likely N-dealkylation sites (tertiary alicyclic amines) is 1. The number of halogens is 1. The maximum atomic E-state index is 12.4. The van der Waals surface area contributed by atoms with Crippen molar-refractivity contribution in [1.29, 1.82) is 0 Å². The van der Waals surface area contributed by atoms with E-state index in [9.17, 15) is 4.79 Å². The van der Waals surface area contributed by atoms with E-state index >= 15 is 0 Å². The first-order valence-electron chi connectivity index (χ1n) is 8.83. The van der Waals surface area contributed by atoms with Gasteiger partial charge in [-0.15, -0.1) is 12.4 Å². The smallest absolute Gasteiger partial charge is 0.236 e. The van der Waals surface area contributed by atoms with Gasteiger partial charge in [-0.2, -0.15) is 0 Å². The van der Waals surface area contributed by atoms with Gasteiger partial charge in [0.25, 0.3) is 0 Å². The van der Waals surface area contributed by atoms with Gasteiger partial charge in [0.05, 0.1) is 6.54 Å². The molecule has 5 heteroatoms. The van der Waals surface area contributed by atoms with Crippen LogP contribution in [0.15, 0.2) is 0 Å². The van der Waals surface area contributed by atoms with Crippen LogP contribution >= 0.6 is 12.4 Å². The second-order valence-electron chi connectivity index (χ2n) is 6.91. The minimum absolute atomic E-state index is 0. The van der Waals surface area contributed by atoms with Gasteiger partial charge in [-0.05, 0) is 64.7 Å². The fraction of sp³-hybridized carbons (Fsp3) is 0.941. The topological polar surface area (TPSA) is 35.6 Å². The molecular weight excluding hydrogens is 298 g/mol. The average molecular weight is 332 g/mol. The minimum atomic E-state index is 0. The number of piperidine rings is 1. The third-order valence-corrected chi connectivity index (χ3v) is 5.38. The lowest BCUT2D eigenvalue weighted by Crippen LogP contribution is -2.46. The normalized spacial score (nSPS) is 21.4. The van der Waals surface area contributed by atoms with Gasteiger partial charge in [0.2, 0.25) is 5.91 Å². The number of likely N-dealkylation sites (N-methyl/N-ethyl adjacent to an activating group) is 1. The summed E-state index contributed by atoms with van der Waals surface area (Å²) >= 11 is 0. The van der Waals surface area contributed by atoms with Crippen molar-refractivity contribution >= 4 is 18.3 Å². The van der Waals surface area contributed by atoms with Gasteiger partial charge in [0.15, 0.2) is 0 Å². The van der Waals surface area contributed by atoms with Crippen LogP contribution in [0.5, 0.6) is 0 Å². The van der Waals surface area contributed by atoms with Crippen molar-refractivity contribution in [1.82, 2.24) is 15.1 Å². The zero-order valence-electron chi connectivity index (χ0n) is 14.4. The molecule has 0 radical (unpaired) electrons. The maximum absolute atomic E-state index is 12.4. The Morgan fingerprint density at radius 3 is 2.36 bits per heavy atom. The summed E-state index contributed by atoms with van der Waals surface area (Å²) in [5.74, 6) is 1.18. The van der Waals surface area contributed by atoms with Crippen LogP contribution in [-0.2, 0) is 4.79 Å². The molecule has 1 amide bonds. The largest absolute Gasteiger partial charge is 0.342 e. The molecular formula is C17H34ClN3O. The van der Waals surface area contributed by atoms with E-state index < -0.39 is 0 Å². The van der Waals surface area contributed by atoms with Crippen molar-refractivity contribution < 1.29 is 4.79 Å².